The van der Waals surface area contributed by atoms with Gasteiger partial charge in [-0.05, 0) is 43.5 Å². The zero-order valence-electron chi connectivity index (χ0n) is 17.5. The summed E-state index contributed by atoms with van der Waals surface area (Å²) >= 11 is 0. The summed E-state index contributed by atoms with van der Waals surface area (Å²) in [6, 6.07) is 3.56. The molecule has 0 bridgehead atoms. The topological polar surface area (TPSA) is 113 Å². The average molecular weight is 445 g/mol. The first-order chi connectivity index (χ1) is 14.3. The Hall–Kier alpha value is -2.00. The number of halogens is 1. The predicted octanol–water partition coefficient (Wildman–Crippen LogP) is 3.59. The summed E-state index contributed by atoms with van der Waals surface area (Å²) in [6.07, 6.45) is 8.22. The van der Waals surface area contributed by atoms with E-state index in [0.29, 0.717) is 13.0 Å². The van der Waals surface area contributed by atoms with Crippen molar-refractivity contribution in [2.24, 2.45) is 0 Å². The Kier molecular flexibility index (Phi) is 12.2. The van der Waals surface area contributed by atoms with Crippen LogP contribution < -0.4 is 10.0 Å². The Morgan fingerprint density at radius 1 is 0.967 bits per heavy atom. The fourth-order valence-corrected chi connectivity index (χ4v) is 4.27. The number of rotatable bonds is 16. The fraction of sp³-hybridized carbons (Fsp3) is 0.619. The number of sulfonamides is 1. The van der Waals surface area contributed by atoms with E-state index in [1.165, 1.54) is 0 Å². The third-order valence-electron chi connectivity index (χ3n) is 4.76. The SMILES string of the molecule is CCC(NS(=O)(=O)c1ccc(F)cc1)C(=O)NCCCCCCCCCCC(=O)O. The van der Waals surface area contributed by atoms with Crippen molar-refractivity contribution in [2.45, 2.75) is 82.1 Å². The molecule has 1 unspecified atom stereocenters. The fourth-order valence-electron chi connectivity index (χ4n) is 2.99. The highest BCUT2D eigenvalue weighted by atomic mass is 32.2. The molecule has 0 heterocycles. The van der Waals surface area contributed by atoms with Crippen LogP contribution >= 0.6 is 0 Å². The van der Waals surface area contributed by atoms with E-state index >= 15 is 0 Å². The standard InChI is InChI=1S/C21H33FN2O5S/c1-2-19(24-30(28,29)18-14-12-17(22)13-15-18)21(27)23-16-10-8-6-4-3-5-7-9-11-20(25)26/h12-15,19,24H,2-11,16H2,1H3,(H,23,27)(H,25,26). The number of carboxylic acids is 1. The first-order valence-electron chi connectivity index (χ1n) is 10.5. The summed E-state index contributed by atoms with van der Waals surface area (Å²) in [7, 11) is -3.90. The van der Waals surface area contributed by atoms with Gasteiger partial charge in [0.25, 0.3) is 0 Å². The summed E-state index contributed by atoms with van der Waals surface area (Å²) in [5.74, 6) is -1.65. The van der Waals surface area contributed by atoms with Gasteiger partial charge in [0, 0.05) is 13.0 Å². The molecule has 9 heteroatoms. The number of benzene rings is 1. The van der Waals surface area contributed by atoms with Crippen LogP contribution in [0.3, 0.4) is 0 Å². The van der Waals surface area contributed by atoms with E-state index in [0.717, 1.165) is 75.6 Å². The molecule has 0 fully saturated rings. The Labute approximate surface area is 178 Å². The lowest BCUT2D eigenvalue weighted by molar-refractivity contribution is -0.137. The molecule has 0 aromatic heterocycles. The van der Waals surface area contributed by atoms with Gasteiger partial charge in [0.05, 0.1) is 4.90 Å². The van der Waals surface area contributed by atoms with Gasteiger partial charge < -0.3 is 10.4 Å². The molecule has 1 amide bonds. The third kappa shape index (κ3) is 10.7. The highest BCUT2D eigenvalue weighted by Gasteiger charge is 2.24. The van der Waals surface area contributed by atoms with Gasteiger partial charge in [0.2, 0.25) is 15.9 Å². The van der Waals surface area contributed by atoms with Gasteiger partial charge in [0.1, 0.15) is 11.9 Å². The minimum atomic E-state index is -3.90. The van der Waals surface area contributed by atoms with E-state index in [4.69, 9.17) is 5.11 Å². The van der Waals surface area contributed by atoms with E-state index in [-0.39, 0.29) is 17.2 Å². The second kappa shape index (κ2) is 14.1. The smallest absolute Gasteiger partial charge is 0.303 e. The summed E-state index contributed by atoms with van der Waals surface area (Å²) in [4.78, 5) is 22.6. The van der Waals surface area contributed by atoms with Crippen molar-refractivity contribution >= 4 is 21.9 Å². The Balaban J connectivity index is 2.21. The molecule has 0 aliphatic heterocycles. The molecule has 0 spiro atoms. The summed E-state index contributed by atoms with van der Waals surface area (Å²) in [5.41, 5.74) is 0. The molecular weight excluding hydrogens is 411 g/mol. The van der Waals surface area contributed by atoms with Crippen molar-refractivity contribution in [1.29, 1.82) is 0 Å². The van der Waals surface area contributed by atoms with Crippen molar-refractivity contribution in [1.82, 2.24) is 10.0 Å². The summed E-state index contributed by atoms with van der Waals surface area (Å²) in [5, 5.41) is 11.3. The molecule has 30 heavy (non-hydrogen) atoms. The Bertz CT molecular complexity index is 753. The maximum absolute atomic E-state index is 13.0. The lowest BCUT2D eigenvalue weighted by Crippen LogP contribution is -2.46. The third-order valence-corrected chi connectivity index (χ3v) is 6.25. The van der Waals surface area contributed by atoms with E-state index in [1.807, 2.05) is 0 Å². The summed E-state index contributed by atoms with van der Waals surface area (Å²) in [6.45, 7) is 2.19. The van der Waals surface area contributed by atoms with Gasteiger partial charge in [-0.3, -0.25) is 9.59 Å². The van der Waals surface area contributed by atoms with Crippen LogP contribution in [-0.2, 0) is 19.6 Å². The molecule has 170 valence electrons. The Morgan fingerprint density at radius 3 is 2.03 bits per heavy atom. The van der Waals surface area contributed by atoms with Gasteiger partial charge in [-0.2, -0.15) is 4.72 Å². The van der Waals surface area contributed by atoms with Crippen LogP contribution in [0.2, 0.25) is 0 Å². The number of carboxylic acid groups (broad SMARTS) is 1. The number of hydrogen-bond donors (Lipinski definition) is 3. The van der Waals surface area contributed by atoms with Crippen molar-refractivity contribution in [3.8, 4) is 0 Å². The van der Waals surface area contributed by atoms with Crippen LogP contribution in [-0.4, -0.2) is 38.0 Å². The molecule has 0 saturated carbocycles. The monoisotopic (exact) mass is 444 g/mol. The van der Waals surface area contributed by atoms with Crippen molar-refractivity contribution < 1.29 is 27.5 Å². The molecule has 1 aromatic carbocycles. The molecule has 0 saturated heterocycles. The molecule has 3 N–H and O–H groups in total. The van der Waals surface area contributed by atoms with Gasteiger partial charge in [-0.15, -0.1) is 0 Å². The van der Waals surface area contributed by atoms with Crippen LogP contribution in [0.1, 0.15) is 71.1 Å². The van der Waals surface area contributed by atoms with Gasteiger partial charge in [0.15, 0.2) is 0 Å². The molecule has 1 rings (SSSR count). The number of aliphatic carboxylic acids is 1. The second-order valence-corrected chi connectivity index (χ2v) is 9.01. The molecule has 0 radical (unpaired) electrons. The quantitative estimate of drug-likeness (QED) is 0.337. The number of carbonyl (C=O) groups is 2. The van der Waals surface area contributed by atoms with Crippen molar-refractivity contribution in [3.63, 3.8) is 0 Å². The maximum atomic E-state index is 13.0. The van der Waals surface area contributed by atoms with E-state index < -0.39 is 27.9 Å². The first-order valence-corrected chi connectivity index (χ1v) is 12.0. The van der Waals surface area contributed by atoms with Crippen LogP contribution in [0.5, 0.6) is 0 Å². The minimum absolute atomic E-state index is 0.0851. The van der Waals surface area contributed by atoms with E-state index in [9.17, 15) is 22.4 Å². The number of carbonyl (C=O) groups excluding carboxylic acids is 1. The van der Waals surface area contributed by atoms with E-state index in [2.05, 4.69) is 10.0 Å². The molecule has 1 atom stereocenters. The van der Waals surface area contributed by atoms with Crippen molar-refractivity contribution in [2.75, 3.05) is 6.54 Å². The van der Waals surface area contributed by atoms with Gasteiger partial charge in [-0.25, -0.2) is 12.8 Å². The predicted molar refractivity (Wildman–Crippen MR) is 113 cm³/mol. The van der Waals surface area contributed by atoms with Crippen LogP contribution in [0.4, 0.5) is 4.39 Å². The lowest BCUT2D eigenvalue weighted by atomic mass is 10.1. The molecule has 7 nitrogen and oxygen atoms in total. The molecular formula is C21H33FN2O5S. The zero-order valence-corrected chi connectivity index (χ0v) is 18.3. The Morgan fingerprint density at radius 2 is 1.50 bits per heavy atom. The number of nitrogens with one attached hydrogen (secondary N) is 2. The number of amides is 1. The molecule has 1 aromatic rings. The van der Waals surface area contributed by atoms with Gasteiger partial charge >= 0.3 is 5.97 Å². The zero-order chi connectivity index (χ0) is 22.4. The maximum Gasteiger partial charge on any atom is 0.303 e. The lowest BCUT2D eigenvalue weighted by Gasteiger charge is -2.17. The van der Waals surface area contributed by atoms with Crippen molar-refractivity contribution in [3.05, 3.63) is 30.1 Å². The largest absolute Gasteiger partial charge is 0.481 e. The minimum Gasteiger partial charge on any atom is -0.481 e. The van der Waals surface area contributed by atoms with Crippen LogP contribution in [0.15, 0.2) is 29.2 Å². The summed E-state index contributed by atoms with van der Waals surface area (Å²) < 4.78 is 40.1. The number of hydrogen-bond acceptors (Lipinski definition) is 4. The molecule has 0 aliphatic carbocycles. The highest BCUT2D eigenvalue weighted by molar-refractivity contribution is 7.89. The normalized spacial score (nSPS) is 12.5. The van der Waals surface area contributed by atoms with Crippen LogP contribution in [0, 0.1) is 5.82 Å². The van der Waals surface area contributed by atoms with Gasteiger partial charge in [-0.1, -0.05) is 45.4 Å². The van der Waals surface area contributed by atoms with E-state index in [1.54, 1.807) is 6.92 Å². The van der Waals surface area contributed by atoms with Crippen LogP contribution in [0.25, 0.3) is 0 Å². The second-order valence-electron chi connectivity index (χ2n) is 7.30. The molecule has 0 aliphatic rings. The number of unbranched alkanes of at least 4 members (excludes halogenated alkanes) is 7. The average Bonchev–Trinajstić information content (AvgIpc) is 2.70. The first kappa shape index (κ1) is 26.0. The highest BCUT2D eigenvalue weighted by Crippen LogP contribution is 2.12.